The van der Waals surface area contributed by atoms with Crippen LogP contribution in [0.1, 0.15) is 31.7 Å². The normalized spacial score (nSPS) is 19.8. The van der Waals surface area contributed by atoms with Crippen molar-refractivity contribution in [3.8, 4) is 29.0 Å². The van der Waals surface area contributed by atoms with Gasteiger partial charge in [0, 0.05) is 29.6 Å². The van der Waals surface area contributed by atoms with Crippen molar-refractivity contribution in [1.29, 1.82) is 5.26 Å². The van der Waals surface area contributed by atoms with Gasteiger partial charge in [-0.2, -0.15) is 5.26 Å². The summed E-state index contributed by atoms with van der Waals surface area (Å²) in [6, 6.07) is 9.12. The molecular formula is C21H19N5O2. The van der Waals surface area contributed by atoms with Gasteiger partial charge in [-0.3, -0.25) is 0 Å². The Morgan fingerprint density at radius 2 is 1.96 bits per heavy atom. The quantitative estimate of drug-likeness (QED) is 0.486. The van der Waals surface area contributed by atoms with E-state index in [1.807, 2.05) is 12.3 Å². The van der Waals surface area contributed by atoms with Crippen molar-refractivity contribution in [2.45, 2.75) is 31.7 Å². The topological polar surface area (TPSA) is 111 Å². The molecule has 1 aromatic carbocycles. The molecule has 3 N–H and O–H groups in total. The van der Waals surface area contributed by atoms with Crippen LogP contribution in [-0.2, 0) is 0 Å². The van der Waals surface area contributed by atoms with E-state index in [1.54, 1.807) is 18.3 Å². The average Bonchev–Trinajstić information content (AvgIpc) is 3.32. The molecule has 1 aliphatic rings. The first-order chi connectivity index (χ1) is 13.7. The average molecular weight is 373 g/mol. The van der Waals surface area contributed by atoms with Gasteiger partial charge in [0.2, 0.25) is 0 Å². The molecule has 0 amide bonds. The van der Waals surface area contributed by atoms with Crippen molar-refractivity contribution in [2.24, 2.45) is 5.92 Å². The number of imidazole rings is 1. The van der Waals surface area contributed by atoms with E-state index in [4.69, 9.17) is 4.98 Å². The van der Waals surface area contributed by atoms with Gasteiger partial charge in [-0.25, -0.2) is 9.97 Å². The van der Waals surface area contributed by atoms with E-state index in [0.717, 1.165) is 47.8 Å². The number of aromatic nitrogens is 4. The third kappa shape index (κ3) is 2.49. The van der Waals surface area contributed by atoms with Gasteiger partial charge < -0.3 is 19.8 Å². The number of nitrogens with one attached hydrogen (secondary N) is 1. The van der Waals surface area contributed by atoms with Gasteiger partial charge in [-0.15, -0.1) is 0 Å². The Labute approximate surface area is 160 Å². The first-order valence-electron chi connectivity index (χ1n) is 9.41. The molecule has 1 fully saturated rings. The molecule has 0 unspecified atom stereocenters. The van der Waals surface area contributed by atoms with Crippen LogP contribution < -0.4 is 0 Å². The molecule has 0 aliphatic heterocycles. The number of pyridine rings is 1. The number of nitrogens with zero attached hydrogens (tertiary/aromatic N) is 4. The zero-order valence-electron chi connectivity index (χ0n) is 15.1. The summed E-state index contributed by atoms with van der Waals surface area (Å²) in [5.74, 6) is 0.752. The summed E-state index contributed by atoms with van der Waals surface area (Å²) in [6.45, 7) is 0. The maximum atomic E-state index is 10.5. The molecule has 4 aromatic rings. The maximum Gasteiger partial charge on any atom is 0.145 e. The fourth-order valence-electron chi connectivity index (χ4n) is 4.31. The zero-order valence-corrected chi connectivity index (χ0v) is 15.1. The first kappa shape index (κ1) is 16.6. The smallest absolute Gasteiger partial charge is 0.145 e. The summed E-state index contributed by atoms with van der Waals surface area (Å²) >= 11 is 0. The monoisotopic (exact) mass is 373 g/mol. The molecule has 3 heterocycles. The summed E-state index contributed by atoms with van der Waals surface area (Å²) in [7, 11) is 0. The van der Waals surface area contributed by atoms with Crippen molar-refractivity contribution in [3.63, 3.8) is 0 Å². The number of hydrogen-bond donors (Lipinski definition) is 3. The molecule has 0 saturated heterocycles. The van der Waals surface area contributed by atoms with Gasteiger partial charge >= 0.3 is 0 Å². The highest BCUT2D eigenvalue weighted by Gasteiger charge is 2.28. The molecular weight excluding hydrogens is 354 g/mol. The second-order valence-corrected chi connectivity index (χ2v) is 7.37. The molecule has 5 rings (SSSR count). The van der Waals surface area contributed by atoms with E-state index < -0.39 is 0 Å². The molecule has 0 atom stereocenters. The lowest BCUT2D eigenvalue weighted by Crippen LogP contribution is -2.18. The van der Waals surface area contributed by atoms with E-state index >= 15 is 0 Å². The largest absolute Gasteiger partial charge is 0.508 e. The van der Waals surface area contributed by atoms with Crippen molar-refractivity contribution in [1.82, 2.24) is 19.5 Å². The number of hydrogen-bond acceptors (Lipinski definition) is 5. The number of fused-ring (bicyclic) bond motifs is 3. The van der Waals surface area contributed by atoms with Gasteiger partial charge in [0.05, 0.1) is 23.3 Å². The molecule has 28 heavy (non-hydrogen) atoms. The van der Waals surface area contributed by atoms with E-state index in [1.165, 1.54) is 6.07 Å². The minimum absolute atomic E-state index is 0.00753. The maximum absolute atomic E-state index is 10.5. The second-order valence-electron chi connectivity index (χ2n) is 7.37. The molecule has 7 heteroatoms. The summed E-state index contributed by atoms with van der Waals surface area (Å²) in [5, 5.41) is 30.4. The number of H-pyrrole nitrogens is 1. The van der Waals surface area contributed by atoms with Gasteiger partial charge in [-0.05, 0) is 43.9 Å². The summed E-state index contributed by atoms with van der Waals surface area (Å²) in [5.41, 5.74) is 3.10. The number of phenolic OH excluding ortho intramolecular Hbond substituents is 2. The number of rotatable bonds is 2. The minimum Gasteiger partial charge on any atom is -0.508 e. The Morgan fingerprint density at radius 1 is 1.14 bits per heavy atom. The second kappa shape index (κ2) is 6.27. The van der Waals surface area contributed by atoms with Crippen LogP contribution >= 0.6 is 0 Å². The van der Waals surface area contributed by atoms with Crippen molar-refractivity contribution >= 4 is 22.1 Å². The van der Waals surface area contributed by atoms with Crippen molar-refractivity contribution in [2.75, 3.05) is 0 Å². The van der Waals surface area contributed by atoms with E-state index in [2.05, 4.69) is 20.6 Å². The van der Waals surface area contributed by atoms with Crippen LogP contribution in [-0.4, -0.2) is 29.7 Å². The van der Waals surface area contributed by atoms with Crippen LogP contribution in [0.4, 0.5) is 0 Å². The van der Waals surface area contributed by atoms with Gasteiger partial charge in [-0.1, -0.05) is 0 Å². The highest BCUT2D eigenvalue weighted by molar-refractivity contribution is 6.02. The Morgan fingerprint density at radius 3 is 2.71 bits per heavy atom. The number of benzene rings is 1. The summed E-state index contributed by atoms with van der Waals surface area (Å²) < 4.78 is 2.19. The highest BCUT2D eigenvalue weighted by atomic mass is 16.3. The zero-order chi connectivity index (χ0) is 19.3. The molecule has 140 valence electrons. The number of nitriles is 1. The van der Waals surface area contributed by atoms with Crippen LogP contribution in [0, 0.1) is 17.2 Å². The molecule has 1 saturated carbocycles. The van der Waals surface area contributed by atoms with E-state index in [0.29, 0.717) is 11.4 Å². The lowest BCUT2D eigenvalue weighted by molar-refractivity contribution is 0.320. The van der Waals surface area contributed by atoms with E-state index in [9.17, 15) is 15.5 Å². The molecule has 0 radical (unpaired) electrons. The molecule has 1 aliphatic carbocycles. The predicted octanol–water partition coefficient (Wildman–Crippen LogP) is 4.25. The van der Waals surface area contributed by atoms with Gasteiger partial charge in [0.15, 0.2) is 0 Å². The fraction of sp³-hybridized carbons (Fsp3) is 0.286. The summed E-state index contributed by atoms with van der Waals surface area (Å²) in [6.07, 6.45) is 7.06. The Balaban J connectivity index is 1.77. The molecule has 7 nitrogen and oxygen atoms in total. The van der Waals surface area contributed by atoms with Crippen LogP contribution in [0.2, 0.25) is 0 Å². The fourth-order valence-corrected chi connectivity index (χ4v) is 4.31. The number of aromatic amines is 1. The lowest BCUT2D eigenvalue weighted by Gasteiger charge is -2.28. The number of aromatic hydroxyl groups is 2. The van der Waals surface area contributed by atoms with E-state index in [-0.39, 0.29) is 23.5 Å². The Hall–Kier alpha value is -3.53. The standard InChI is InChI=1S/C21H19N5O2/c22-10-12-1-3-13(4-2-12)26-19-16-7-8-23-20(16)24-11-17(19)25-21(26)15-6-5-14(27)9-18(15)28/h5-9,11-13,27-28H,1-4H2,(H,23,24)/t12-,13-. The van der Waals surface area contributed by atoms with Crippen LogP contribution in [0.3, 0.4) is 0 Å². The molecule has 3 aromatic heterocycles. The molecule has 0 spiro atoms. The van der Waals surface area contributed by atoms with Gasteiger partial charge in [0.1, 0.15) is 28.5 Å². The first-order valence-corrected chi connectivity index (χ1v) is 9.41. The van der Waals surface area contributed by atoms with Crippen LogP contribution in [0.5, 0.6) is 11.5 Å². The third-order valence-corrected chi connectivity index (χ3v) is 5.70. The highest BCUT2D eigenvalue weighted by Crippen LogP contribution is 2.41. The van der Waals surface area contributed by atoms with Crippen molar-refractivity contribution in [3.05, 3.63) is 36.7 Å². The lowest BCUT2D eigenvalue weighted by atomic mass is 9.86. The molecule has 0 bridgehead atoms. The Kier molecular flexibility index (Phi) is 3.72. The predicted molar refractivity (Wildman–Crippen MR) is 105 cm³/mol. The van der Waals surface area contributed by atoms with Crippen LogP contribution in [0.25, 0.3) is 33.5 Å². The summed E-state index contributed by atoms with van der Waals surface area (Å²) in [4.78, 5) is 12.4. The van der Waals surface area contributed by atoms with Crippen molar-refractivity contribution < 1.29 is 10.2 Å². The SMILES string of the molecule is N#C[C@H]1CC[C@H](n2c(-c3ccc(O)cc3O)nc3cnc4[nH]ccc4c32)CC1. The third-order valence-electron chi connectivity index (χ3n) is 5.70. The Bertz CT molecular complexity index is 1230. The van der Waals surface area contributed by atoms with Crippen LogP contribution in [0.15, 0.2) is 36.7 Å². The van der Waals surface area contributed by atoms with Gasteiger partial charge in [0.25, 0.3) is 0 Å². The number of phenols is 2. The minimum atomic E-state index is -0.0134.